The largest absolute Gasteiger partial charge is 0.389 e. The Labute approximate surface area is 105 Å². The Bertz CT molecular complexity index is 641. The minimum atomic E-state index is -0.309. The van der Waals surface area contributed by atoms with E-state index in [0.29, 0.717) is 0 Å². The van der Waals surface area contributed by atoms with Crippen LogP contribution in [0.5, 0.6) is 0 Å². The highest BCUT2D eigenvalue weighted by atomic mass is 16.3. The highest BCUT2D eigenvalue weighted by Gasteiger charge is 2.34. The summed E-state index contributed by atoms with van der Waals surface area (Å²) in [6.07, 6.45) is 7.46. The summed E-state index contributed by atoms with van der Waals surface area (Å²) in [5.74, 6) is 0. The number of fused-ring (bicyclic) bond motifs is 3. The molecule has 1 aromatic carbocycles. The maximum Gasteiger partial charge on any atom is 0.0959 e. The van der Waals surface area contributed by atoms with Crippen molar-refractivity contribution in [3.8, 4) is 11.3 Å². The molecule has 3 heteroatoms. The molecule has 0 saturated heterocycles. The number of aliphatic hydroxyl groups is 1. The van der Waals surface area contributed by atoms with Gasteiger partial charge in [0, 0.05) is 5.56 Å². The van der Waals surface area contributed by atoms with Crippen LogP contribution in [0.1, 0.15) is 24.4 Å². The maximum absolute atomic E-state index is 10.1. The third-order valence-electron chi connectivity index (χ3n) is 4.00. The number of benzene rings is 1. The summed E-state index contributed by atoms with van der Waals surface area (Å²) in [5.41, 5.74) is 4.79. The molecule has 1 aliphatic carbocycles. The van der Waals surface area contributed by atoms with Gasteiger partial charge in [0.05, 0.1) is 30.4 Å². The molecular weight excluding hydrogens is 224 g/mol. The number of aromatic nitrogens is 2. The number of imidazole rings is 1. The number of hydrogen-bond donors (Lipinski definition) is 1. The predicted molar refractivity (Wildman–Crippen MR) is 69.1 cm³/mol. The van der Waals surface area contributed by atoms with Crippen LogP contribution in [0.2, 0.25) is 0 Å². The molecular formula is C15H14N2O. The Morgan fingerprint density at radius 3 is 3.00 bits per heavy atom. The minimum absolute atomic E-state index is 0.135. The van der Waals surface area contributed by atoms with Crippen molar-refractivity contribution in [2.24, 2.45) is 0 Å². The molecule has 90 valence electrons. The summed E-state index contributed by atoms with van der Waals surface area (Å²) in [7, 11) is 0. The molecule has 1 N–H and O–H groups in total. The lowest BCUT2D eigenvalue weighted by molar-refractivity contribution is 0.203. The van der Waals surface area contributed by atoms with E-state index in [-0.39, 0.29) is 12.1 Å². The van der Waals surface area contributed by atoms with Crippen molar-refractivity contribution in [3.63, 3.8) is 0 Å². The second-order valence-electron chi connectivity index (χ2n) is 4.97. The fourth-order valence-electron chi connectivity index (χ4n) is 3.18. The van der Waals surface area contributed by atoms with E-state index in [9.17, 15) is 5.11 Å². The summed E-state index contributed by atoms with van der Waals surface area (Å²) < 4.78 is 2.17. The van der Waals surface area contributed by atoms with E-state index in [0.717, 1.165) is 24.1 Å². The van der Waals surface area contributed by atoms with Crippen LogP contribution in [-0.2, 0) is 0 Å². The molecule has 0 fully saturated rings. The lowest BCUT2D eigenvalue weighted by Gasteiger charge is -2.19. The van der Waals surface area contributed by atoms with Gasteiger partial charge in [-0.25, -0.2) is 4.98 Å². The van der Waals surface area contributed by atoms with Crippen LogP contribution >= 0.6 is 0 Å². The van der Waals surface area contributed by atoms with Gasteiger partial charge in [0.2, 0.25) is 0 Å². The van der Waals surface area contributed by atoms with Gasteiger partial charge in [-0.2, -0.15) is 0 Å². The van der Waals surface area contributed by atoms with Crippen LogP contribution in [0, 0.1) is 0 Å². The van der Waals surface area contributed by atoms with Gasteiger partial charge in [0.1, 0.15) is 0 Å². The smallest absolute Gasteiger partial charge is 0.0959 e. The first-order valence-electron chi connectivity index (χ1n) is 6.35. The van der Waals surface area contributed by atoms with Crippen molar-refractivity contribution in [1.29, 1.82) is 0 Å². The molecule has 1 aliphatic heterocycles. The van der Waals surface area contributed by atoms with Crippen molar-refractivity contribution in [1.82, 2.24) is 9.55 Å². The van der Waals surface area contributed by atoms with Crippen LogP contribution in [0.4, 0.5) is 0 Å². The molecule has 0 saturated carbocycles. The number of hydrogen-bond acceptors (Lipinski definition) is 2. The van der Waals surface area contributed by atoms with Crippen molar-refractivity contribution >= 4 is 0 Å². The molecule has 2 heterocycles. The van der Waals surface area contributed by atoms with Gasteiger partial charge in [-0.3, -0.25) is 0 Å². The first kappa shape index (κ1) is 10.1. The Morgan fingerprint density at radius 1 is 1.28 bits per heavy atom. The third kappa shape index (κ3) is 1.20. The van der Waals surface area contributed by atoms with Gasteiger partial charge in [0.15, 0.2) is 0 Å². The summed E-state index contributed by atoms with van der Waals surface area (Å²) in [6.45, 7) is 0. The summed E-state index contributed by atoms with van der Waals surface area (Å²) in [5, 5.41) is 10.1. The maximum atomic E-state index is 10.1. The monoisotopic (exact) mass is 238 g/mol. The van der Waals surface area contributed by atoms with Gasteiger partial charge in [0.25, 0.3) is 0 Å². The van der Waals surface area contributed by atoms with Gasteiger partial charge in [-0.05, 0) is 24.0 Å². The van der Waals surface area contributed by atoms with Crippen molar-refractivity contribution in [2.75, 3.05) is 0 Å². The topological polar surface area (TPSA) is 38.1 Å². The van der Waals surface area contributed by atoms with Crippen LogP contribution in [0.15, 0.2) is 48.4 Å². The zero-order valence-electron chi connectivity index (χ0n) is 9.95. The molecule has 2 aromatic rings. The molecule has 4 rings (SSSR count). The van der Waals surface area contributed by atoms with Crippen LogP contribution in [-0.4, -0.2) is 20.8 Å². The molecule has 1 aromatic heterocycles. The summed E-state index contributed by atoms with van der Waals surface area (Å²) >= 11 is 0. The molecule has 0 amide bonds. The van der Waals surface area contributed by atoms with E-state index in [1.165, 1.54) is 11.1 Å². The van der Waals surface area contributed by atoms with E-state index in [1.54, 1.807) is 0 Å². The molecule has 2 aliphatic rings. The lowest BCUT2D eigenvalue weighted by Crippen LogP contribution is -2.16. The molecule has 0 bridgehead atoms. The van der Waals surface area contributed by atoms with E-state index in [4.69, 9.17) is 0 Å². The van der Waals surface area contributed by atoms with Crippen molar-refractivity contribution < 1.29 is 5.11 Å². The van der Waals surface area contributed by atoms with E-state index in [1.807, 2.05) is 12.5 Å². The lowest BCUT2D eigenvalue weighted by atomic mass is 9.95. The number of allylic oxidation sites excluding steroid dienone is 1. The highest BCUT2D eigenvalue weighted by Crippen LogP contribution is 2.45. The SMILES string of the molecule is O[C@H]1CCC=C1[C@H]1c2ccccc2-c2cncn21. The van der Waals surface area contributed by atoms with Gasteiger partial charge >= 0.3 is 0 Å². The number of nitrogens with zero attached hydrogens (tertiary/aromatic N) is 2. The Kier molecular flexibility index (Phi) is 2.00. The zero-order valence-corrected chi connectivity index (χ0v) is 9.95. The highest BCUT2D eigenvalue weighted by molar-refractivity contribution is 5.70. The van der Waals surface area contributed by atoms with E-state index in [2.05, 4.69) is 39.9 Å². The quantitative estimate of drug-likeness (QED) is 0.775. The van der Waals surface area contributed by atoms with Gasteiger partial charge in [-0.15, -0.1) is 0 Å². The van der Waals surface area contributed by atoms with E-state index < -0.39 is 0 Å². The Hall–Kier alpha value is -1.87. The average molecular weight is 238 g/mol. The van der Waals surface area contributed by atoms with Crippen LogP contribution < -0.4 is 0 Å². The minimum Gasteiger partial charge on any atom is -0.389 e. The van der Waals surface area contributed by atoms with Gasteiger partial charge in [-0.1, -0.05) is 30.3 Å². The second kappa shape index (κ2) is 3.56. The molecule has 18 heavy (non-hydrogen) atoms. The average Bonchev–Trinajstić information content (AvgIpc) is 3.05. The zero-order chi connectivity index (χ0) is 12.1. The van der Waals surface area contributed by atoms with Crippen molar-refractivity contribution in [3.05, 3.63) is 54.0 Å². The summed E-state index contributed by atoms with van der Waals surface area (Å²) in [4.78, 5) is 4.24. The fourth-order valence-corrected chi connectivity index (χ4v) is 3.18. The number of aliphatic hydroxyl groups excluding tert-OH is 1. The standard InChI is InChI=1S/C15H14N2O/c18-14-7-3-6-12(14)15-11-5-2-1-4-10(11)13-8-16-9-17(13)15/h1-2,4-6,8-9,14-15,18H,3,7H2/t14-,15+/m0/s1. The summed E-state index contributed by atoms with van der Waals surface area (Å²) in [6, 6.07) is 8.53. The fraction of sp³-hybridized carbons (Fsp3) is 0.267. The first-order chi connectivity index (χ1) is 8.86. The number of rotatable bonds is 1. The Morgan fingerprint density at radius 2 is 2.17 bits per heavy atom. The van der Waals surface area contributed by atoms with Crippen LogP contribution in [0.3, 0.4) is 0 Å². The second-order valence-corrected chi connectivity index (χ2v) is 4.97. The molecule has 0 radical (unpaired) electrons. The van der Waals surface area contributed by atoms with E-state index >= 15 is 0 Å². The van der Waals surface area contributed by atoms with Gasteiger partial charge < -0.3 is 9.67 Å². The predicted octanol–water partition coefficient (Wildman–Crippen LogP) is 2.53. The molecule has 2 atom stereocenters. The Balaban J connectivity index is 1.94. The first-order valence-corrected chi connectivity index (χ1v) is 6.35. The normalized spacial score (nSPS) is 24.8. The molecule has 3 nitrogen and oxygen atoms in total. The molecule has 0 spiro atoms. The van der Waals surface area contributed by atoms with Crippen molar-refractivity contribution in [2.45, 2.75) is 25.0 Å². The molecule has 0 unspecified atom stereocenters. The third-order valence-corrected chi connectivity index (χ3v) is 4.00. The van der Waals surface area contributed by atoms with Crippen LogP contribution in [0.25, 0.3) is 11.3 Å².